The number of benzene rings is 2. The molecule has 2 aromatic rings. The van der Waals surface area contributed by atoms with Crippen molar-refractivity contribution >= 4 is 15.8 Å². The van der Waals surface area contributed by atoms with Crippen molar-refractivity contribution in [1.82, 2.24) is 0 Å². The molecule has 0 atom stereocenters. The average Bonchev–Trinajstić information content (AvgIpc) is 2.41. The highest BCUT2D eigenvalue weighted by Gasteiger charge is 2.19. The fourth-order valence-electron chi connectivity index (χ4n) is 1.85. The van der Waals surface area contributed by atoms with Crippen LogP contribution in [0.3, 0.4) is 0 Å². The molecule has 0 aliphatic heterocycles. The Bertz CT molecular complexity index is 780. The third-order valence-corrected chi connectivity index (χ3v) is 4.70. The summed E-state index contributed by atoms with van der Waals surface area (Å²) in [5.74, 6) is -2.55. The molecule has 6 heteroatoms. The minimum atomic E-state index is -3.73. The fourth-order valence-corrected chi connectivity index (χ4v) is 3.20. The molecule has 4 nitrogen and oxygen atoms in total. The van der Waals surface area contributed by atoms with Crippen LogP contribution in [0, 0.1) is 12.7 Å². The first-order valence-electron chi connectivity index (χ1n) is 6.11. The lowest BCUT2D eigenvalue weighted by Crippen LogP contribution is -2.08. The van der Waals surface area contributed by atoms with Gasteiger partial charge in [0.15, 0.2) is 9.84 Å². The maximum Gasteiger partial charge on any atom is 0.335 e. The van der Waals surface area contributed by atoms with Gasteiger partial charge in [0.05, 0.1) is 16.2 Å². The molecule has 0 saturated heterocycles. The van der Waals surface area contributed by atoms with Gasteiger partial charge in [-0.15, -0.1) is 0 Å². The predicted molar refractivity (Wildman–Crippen MR) is 75.4 cm³/mol. The molecule has 1 N–H and O–H groups in total. The van der Waals surface area contributed by atoms with Crippen molar-refractivity contribution in [3.8, 4) is 0 Å². The van der Waals surface area contributed by atoms with E-state index in [4.69, 9.17) is 5.11 Å². The van der Waals surface area contributed by atoms with Crippen LogP contribution in [0.4, 0.5) is 4.39 Å². The summed E-state index contributed by atoms with van der Waals surface area (Å²) in [4.78, 5) is 10.9. The van der Waals surface area contributed by atoms with Crippen molar-refractivity contribution in [2.24, 2.45) is 0 Å². The van der Waals surface area contributed by atoms with Crippen molar-refractivity contribution in [2.45, 2.75) is 17.6 Å². The standard InChI is InChI=1S/C15H13FO4S/c1-10-2-5-13(6-3-10)21(19,20)9-12-8-11(15(17)18)4-7-14(12)16/h2-8H,9H2,1H3,(H,17,18). The third-order valence-electron chi connectivity index (χ3n) is 3.02. The number of carboxylic acids is 1. The Morgan fingerprint density at radius 1 is 1.14 bits per heavy atom. The van der Waals surface area contributed by atoms with E-state index in [1.807, 2.05) is 6.92 Å². The highest BCUT2D eigenvalue weighted by molar-refractivity contribution is 7.90. The lowest BCUT2D eigenvalue weighted by Gasteiger charge is -2.07. The molecule has 110 valence electrons. The fraction of sp³-hybridized carbons (Fsp3) is 0.133. The van der Waals surface area contributed by atoms with Crippen molar-refractivity contribution in [3.05, 3.63) is 65.0 Å². The van der Waals surface area contributed by atoms with E-state index in [1.54, 1.807) is 12.1 Å². The highest BCUT2D eigenvalue weighted by Crippen LogP contribution is 2.20. The summed E-state index contributed by atoms with van der Waals surface area (Å²) in [6.07, 6.45) is 0. The monoisotopic (exact) mass is 308 g/mol. The summed E-state index contributed by atoms with van der Waals surface area (Å²) >= 11 is 0. The van der Waals surface area contributed by atoms with Gasteiger partial charge in [-0.25, -0.2) is 17.6 Å². The van der Waals surface area contributed by atoms with Crippen LogP contribution in [0.25, 0.3) is 0 Å². The molecule has 0 spiro atoms. The Balaban J connectivity index is 2.38. The van der Waals surface area contributed by atoms with Crippen molar-refractivity contribution in [1.29, 1.82) is 0 Å². The molecular weight excluding hydrogens is 295 g/mol. The Hall–Kier alpha value is -2.21. The largest absolute Gasteiger partial charge is 0.478 e. The van der Waals surface area contributed by atoms with Gasteiger partial charge < -0.3 is 5.11 Å². The number of sulfone groups is 1. The SMILES string of the molecule is Cc1ccc(S(=O)(=O)Cc2cc(C(=O)O)ccc2F)cc1. The van der Waals surface area contributed by atoms with E-state index >= 15 is 0 Å². The van der Waals surface area contributed by atoms with Gasteiger partial charge in [-0.3, -0.25) is 0 Å². The van der Waals surface area contributed by atoms with Gasteiger partial charge in [-0.05, 0) is 37.3 Å². The second kappa shape index (κ2) is 5.65. The van der Waals surface area contributed by atoms with E-state index < -0.39 is 27.4 Å². The molecule has 2 rings (SSSR count). The Kier molecular flexibility index (Phi) is 4.09. The van der Waals surface area contributed by atoms with E-state index in [-0.39, 0.29) is 16.0 Å². The van der Waals surface area contributed by atoms with Crippen LogP contribution >= 0.6 is 0 Å². The molecule has 0 aromatic heterocycles. The third kappa shape index (κ3) is 3.46. The quantitative estimate of drug-likeness (QED) is 0.942. The summed E-state index contributed by atoms with van der Waals surface area (Å²) in [5.41, 5.74) is 0.606. The predicted octanol–water partition coefficient (Wildman–Crippen LogP) is 2.81. The Morgan fingerprint density at radius 2 is 1.76 bits per heavy atom. The van der Waals surface area contributed by atoms with Gasteiger partial charge in [0, 0.05) is 5.56 Å². The van der Waals surface area contributed by atoms with Crippen LogP contribution in [0.1, 0.15) is 21.5 Å². The molecule has 0 amide bonds. The molecule has 0 aliphatic rings. The maximum atomic E-state index is 13.7. The molecule has 0 radical (unpaired) electrons. The zero-order valence-electron chi connectivity index (χ0n) is 11.2. The number of halogens is 1. The second-order valence-electron chi connectivity index (χ2n) is 4.68. The van der Waals surface area contributed by atoms with Crippen LogP contribution in [0.2, 0.25) is 0 Å². The van der Waals surface area contributed by atoms with Crippen LogP contribution < -0.4 is 0 Å². The van der Waals surface area contributed by atoms with Crippen LogP contribution in [-0.2, 0) is 15.6 Å². The summed E-state index contributed by atoms with van der Waals surface area (Å²) in [6, 6.07) is 9.30. The van der Waals surface area contributed by atoms with Gasteiger partial charge in [0.25, 0.3) is 0 Å². The van der Waals surface area contributed by atoms with E-state index in [9.17, 15) is 17.6 Å². The minimum absolute atomic E-state index is 0.0771. The van der Waals surface area contributed by atoms with Crippen LogP contribution in [-0.4, -0.2) is 19.5 Å². The van der Waals surface area contributed by atoms with Crippen molar-refractivity contribution < 1.29 is 22.7 Å². The van der Waals surface area contributed by atoms with E-state index in [0.29, 0.717) is 0 Å². The number of aromatic carboxylic acids is 1. The van der Waals surface area contributed by atoms with Gasteiger partial charge in [-0.1, -0.05) is 17.7 Å². The zero-order chi connectivity index (χ0) is 15.6. The van der Waals surface area contributed by atoms with Gasteiger partial charge in [0.2, 0.25) is 0 Å². The minimum Gasteiger partial charge on any atom is -0.478 e. The number of carboxylic acid groups (broad SMARTS) is 1. The first-order chi connectivity index (χ1) is 9.79. The molecule has 0 bridgehead atoms. The average molecular weight is 308 g/mol. The molecule has 0 fully saturated rings. The topological polar surface area (TPSA) is 71.4 Å². The molecular formula is C15H13FO4S. The zero-order valence-corrected chi connectivity index (χ0v) is 12.0. The summed E-state index contributed by atoms with van der Waals surface area (Å²) in [7, 11) is -3.73. The highest BCUT2D eigenvalue weighted by atomic mass is 32.2. The maximum absolute atomic E-state index is 13.7. The normalized spacial score (nSPS) is 11.3. The molecule has 21 heavy (non-hydrogen) atoms. The lowest BCUT2D eigenvalue weighted by atomic mass is 10.1. The van der Waals surface area contributed by atoms with E-state index in [1.165, 1.54) is 12.1 Å². The number of carbonyl (C=O) groups is 1. The van der Waals surface area contributed by atoms with Crippen molar-refractivity contribution in [2.75, 3.05) is 0 Å². The summed E-state index contributed by atoms with van der Waals surface area (Å²) in [5, 5.41) is 8.87. The van der Waals surface area contributed by atoms with E-state index in [0.717, 1.165) is 23.8 Å². The molecule has 0 saturated carbocycles. The van der Waals surface area contributed by atoms with Crippen LogP contribution in [0.5, 0.6) is 0 Å². The molecule has 0 heterocycles. The van der Waals surface area contributed by atoms with Gasteiger partial charge in [-0.2, -0.15) is 0 Å². The van der Waals surface area contributed by atoms with Gasteiger partial charge in [0.1, 0.15) is 5.82 Å². The first-order valence-corrected chi connectivity index (χ1v) is 7.76. The van der Waals surface area contributed by atoms with Crippen LogP contribution in [0.15, 0.2) is 47.4 Å². The second-order valence-corrected chi connectivity index (χ2v) is 6.67. The molecule has 0 aliphatic carbocycles. The summed E-state index contributed by atoms with van der Waals surface area (Å²) < 4.78 is 38.2. The van der Waals surface area contributed by atoms with E-state index in [2.05, 4.69) is 0 Å². The number of hydrogen-bond donors (Lipinski definition) is 1. The lowest BCUT2D eigenvalue weighted by molar-refractivity contribution is 0.0696. The molecule has 0 unspecified atom stereocenters. The number of rotatable bonds is 4. The smallest absolute Gasteiger partial charge is 0.335 e. The molecule has 2 aromatic carbocycles. The summed E-state index contributed by atoms with van der Waals surface area (Å²) in [6.45, 7) is 1.83. The van der Waals surface area contributed by atoms with Gasteiger partial charge >= 0.3 is 5.97 Å². The van der Waals surface area contributed by atoms with Crippen molar-refractivity contribution in [3.63, 3.8) is 0 Å². The Labute approximate surface area is 121 Å². The Morgan fingerprint density at radius 3 is 2.33 bits per heavy atom. The first kappa shape index (κ1) is 15.2. The number of aryl methyl sites for hydroxylation is 1. The number of hydrogen-bond acceptors (Lipinski definition) is 3.